The number of amides is 2. The zero-order valence-electron chi connectivity index (χ0n) is 23.5. The van der Waals surface area contributed by atoms with Crippen LogP contribution in [-0.2, 0) is 20.9 Å². The molecular formula is C31H36N6O3S. The summed E-state index contributed by atoms with van der Waals surface area (Å²) >= 11 is 5.59. The largest absolute Gasteiger partial charge is 0.378 e. The number of carbonyl (C=O) groups is 2. The van der Waals surface area contributed by atoms with Crippen molar-refractivity contribution in [1.82, 2.24) is 20.1 Å². The van der Waals surface area contributed by atoms with Crippen LogP contribution in [0.25, 0.3) is 0 Å². The molecule has 2 amide bonds. The molecule has 0 bridgehead atoms. The Morgan fingerprint density at radius 2 is 1.80 bits per heavy atom. The standard InChI is InChI=1S/C31H36N6O3S/c1-31(2,29(39)33-25-10-12-26(13-11-25)35-15-17-40-18-16-35)37(20-23-7-6-14-32-19-23)28(38)22-36-21-27(34-30(36)41)24-8-4-3-5-9-24/h3-14,19,27H,15-18,20-22H2,1-2H3,(H,33,39)(H,34,41)/t27-/m0/s1. The van der Waals surface area contributed by atoms with Crippen molar-refractivity contribution < 1.29 is 14.3 Å². The molecule has 214 valence electrons. The Bertz CT molecular complexity index is 1350. The summed E-state index contributed by atoms with van der Waals surface area (Å²) in [4.78, 5) is 37.5. The van der Waals surface area contributed by atoms with Crippen LogP contribution in [0, 0.1) is 0 Å². The van der Waals surface area contributed by atoms with Gasteiger partial charge in [-0.15, -0.1) is 0 Å². The summed E-state index contributed by atoms with van der Waals surface area (Å²) in [5, 5.41) is 6.87. The number of anilines is 2. The molecule has 2 fully saturated rings. The number of benzene rings is 2. The molecule has 10 heteroatoms. The van der Waals surface area contributed by atoms with Crippen LogP contribution in [0.1, 0.15) is 31.0 Å². The molecule has 0 unspecified atom stereocenters. The van der Waals surface area contributed by atoms with Gasteiger partial charge in [0.2, 0.25) is 11.8 Å². The molecule has 0 saturated carbocycles. The highest BCUT2D eigenvalue weighted by atomic mass is 32.1. The quantitative estimate of drug-likeness (QED) is 0.376. The number of ether oxygens (including phenoxy) is 1. The van der Waals surface area contributed by atoms with Crippen LogP contribution < -0.4 is 15.5 Å². The SMILES string of the molecule is CC(C)(C(=O)Nc1ccc(N2CCOCC2)cc1)N(Cc1cccnc1)C(=O)CN1C[C@@H](c2ccccc2)NC1=S. The molecule has 3 aromatic rings. The molecule has 0 aliphatic carbocycles. The molecular weight excluding hydrogens is 536 g/mol. The van der Waals surface area contributed by atoms with Crippen molar-refractivity contribution in [3.63, 3.8) is 0 Å². The van der Waals surface area contributed by atoms with Crippen molar-refractivity contribution in [2.75, 3.05) is 49.6 Å². The summed E-state index contributed by atoms with van der Waals surface area (Å²) in [5.74, 6) is -0.479. The van der Waals surface area contributed by atoms with E-state index in [0.29, 0.717) is 30.6 Å². The van der Waals surface area contributed by atoms with Crippen molar-refractivity contribution in [1.29, 1.82) is 0 Å². The predicted octanol–water partition coefficient (Wildman–Crippen LogP) is 3.60. The fourth-order valence-corrected chi connectivity index (χ4v) is 5.39. The number of morpholine rings is 1. The maximum Gasteiger partial charge on any atom is 0.249 e. The van der Waals surface area contributed by atoms with E-state index in [1.54, 1.807) is 31.1 Å². The maximum atomic E-state index is 13.9. The third-order valence-electron chi connectivity index (χ3n) is 7.61. The number of aromatic nitrogens is 1. The van der Waals surface area contributed by atoms with Crippen LogP contribution in [0.3, 0.4) is 0 Å². The van der Waals surface area contributed by atoms with E-state index in [1.807, 2.05) is 71.6 Å². The minimum absolute atomic E-state index is 0.0000151. The van der Waals surface area contributed by atoms with Crippen molar-refractivity contribution in [2.24, 2.45) is 0 Å². The van der Waals surface area contributed by atoms with E-state index in [1.165, 1.54) is 0 Å². The van der Waals surface area contributed by atoms with E-state index in [4.69, 9.17) is 17.0 Å². The minimum atomic E-state index is -1.16. The summed E-state index contributed by atoms with van der Waals surface area (Å²) < 4.78 is 5.44. The average Bonchev–Trinajstić information content (AvgIpc) is 3.37. The van der Waals surface area contributed by atoms with Gasteiger partial charge < -0.3 is 30.1 Å². The molecule has 0 radical (unpaired) electrons. The lowest BCUT2D eigenvalue weighted by Crippen LogP contribution is -2.57. The second-order valence-corrected chi connectivity index (χ2v) is 11.2. The lowest BCUT2D eigenvalue weighted by molar-refractivity contribution is -0.144. The lowest BCUT2D eigenvalue weighted by Gasteiger charge is -2.38. The molecule has 2 N–H and O–H groups in total. The molecule has 41 heavy (non-hydrogen) atoms. The Morgan fingerprint density at radius 3 is 2.49 bits per heavy atom. The topological polar surface area (TPSA) is 90.0 Å². The summed E-state index contributed by atoms with van der Waals surface area (Å²) in [6, 6.07) is 21.5. The van der Waals surface area contributed by atoms with Gasteiger partial charge in [-0.25, -0.2) is 0 Å². The van der Waals surface area contributed by atoms with E-state index >= 15 is 0 Å². The summed E-state index contributed by atoms with van der Waals surface area (Å²) in [7, 11) is 0. The second kappa shape index (κ2) is 12.7. The van der Waals surface area contributed by atoms with Crippen LogP contribution in [0.4, 0.5) is 11.4 Å². The number of carbonyl (C=O) groups excluding carboxylic acids is 2. The van der Waals surface area contributed by atoms with Gasteiger partial charge in [0.15, 0.2) is 5.11 Å². The van der Waals surface area contributed by atoms with Gasteiger partial charge in [0.1, 0.15) is 5.54 Å². The normalized spacial score (nSPS) is 17.2. The van der Waals surface area contributed by atoms with Crippen molar-refractivity contribution in [2.45, 2.75) is 32.0 Å². The number of nitrogens with one attached hydrogen (secondary N) is 2. The predicted molar refractivity (Wildman–Crippen MR) is 163 cm³/mol. The van der Waals surface area contributed by atoms with Gasteiger partial charge in [-0.1, -0.05) is 36.4 Å². The van der Waals surface area contributed by atoms with Gasteiger partial charge in [-0.05, 0) is 67.5 Å². The Kier molecular flexibility index (Phi) is 8.80. The highest BCUT2D eigenvalue weighted by Crippen LogP contribution is 2.25. The van der Waals surface area contributed by atoms with Crippen LogP contribution >= 0.6 is 12.2 Å². The van der Waals surface area contributed by atoms with E-state index in [2.05, 4.69) is 20.5 Å². The minimum Gasteiger partial charge on any atom is -0.378 e. The van der Waals surface area contributed by atoms with Crippen molar-refractivity contribution in [3.8, 4) is 0 Å². The van der Waals surface area contributed by atoms with Gasteiger partial charge in [0, 0.05) is 49.9 Å². The van der Waals surface area contributed by atoms with Gasteiger partial charge in [0.05, 0.1) is 25.8 Å². The first kappa shape index (κ1) is 28.5. The molecule has 2 aliphatic heterocycles. The number of nitrogens with zero attached hydrogens (tertiary/aromatic N) is 4. The number of hydrogen-bond donors (Lipinski definition) is 2. The Balaban J connectivity index is 1.30. The molecule has 9 nitrogen and oxygen atoms in total. The van der Waals surface area contributed by atoms with E-state index in [-0.39, 0.29) is 30.9 Å². The fraction of sp³-hybridized carbons (Fsp3) is 0.355. The molecule has 2 saturated heterocycles. The highest BCUT2D eigenvalue weighted by Gasteiger charge is 2.39. The summed E-state index contributed by atoms with van der Waals surface area (Å²) in [6.07, 6.45) is 3.40. The van der Waals surface area contributed by atoms with Crippen molar-refractivity contribution in [3.05, 3.63) is 90.3 Å². The van der Waals surface area contributed by atoms with Crippen LogP contribution in [0.15, 0.2) is 79.1 Å². The van der Waals surface area contributed by atoms with Crippen LogP contribution in [-0.4, -0.2) is 76.6 Å². The average molecular weight is 573 g/mol. The zero-order valence-corrected chi connectivity index (χ0v) is 24.3. The molecule has 3 heterocycles. The Morgan fingerprint density at radius 1 is 1.07 bits per heavy atom. The number of rotatable bonds is 9. The van der Waals surface area contributed by atoms with Crippen LogP contribution in [0.5, 0.6) is 0 Å². The summed E-state index contributed by atoms with van der Waals surface area (Å²) in [5.41, 5.74) is 2.54. The zero-order chi connectivity index (χ0) is 28.8. The third kappa shape index (κ3) is 6.83. The first-order valence-electron chi connectivity index (χ1n) is 13.9. The van der Waals surface area contributed by atoms with Crippen molar-refractivity contribution >= 4 is 40.5 Å². The van der Waals surface area contributed by atoms with Gasteiger partial charge >= 0.3 is 0 Å². The molecule has 5 rings (SSSR count). The number of pyridine rings is 1. The van der Waals surface area contributed by atoms with E-state index in [0.717, 1.165) is 29.9 Å². The first-order chi connectivity index (χ1) is 19.8. The third-order valence-corrected chi connectivity index (χ3v) is 7.99. The van der Waals surface area contributed by atoms with Gasteiger partial charge in [0.25, 0.3) is 0 Å². The number of thiocarbonyl (C=S) groups is 1. The monoisotopic (exact) mass is 572 g/mol. The second-order valence-electron chi connectivity index (χ2n) is 10.8. The Hall–Kier alpha value is -4.02. The molecule has 1 aromatic heterocycles. The number of hydrogen-bond acceptors (Lipinski definition) is 6. The Labute approximate surface area is 246 Å². The lowest BCUT2D eigenvalue weighted by atomic mass is 9.99. The molecule has 0 spiro atoms. The maximum absolute atomic E-state index is 13.9. The molecule has 2 aliphatic rings. The summed E-state index contributed by atoms with van der Waals surface area (Å²) in [6.45, 7) is 7.49. The first-order valence-corrected chi connectivity index (χ1v) is 14.3. The van der Waals surface area contributed by atoms with Crippen LogP contribution in [0.2, 0.25) is 0 Å². The molecule has 1 atom stereocenters. The van der Waals surface area contributed by atoms with E-state index < -0.39 is 5.54 Å². The fourth-order valence-electron chi connectivity index (χ4n) is 5.10. The van der Waals surface area contributed by atoms with Gasteiger partial charge in [-0.3, -0.25) is 14.6 Å². The highest BCUT2D eigenvalue weighted by molar-refractivity contribution is 7.80. The molecule has 2 aromatic carbocycles. The smallest absolute Gasteiger partial charge is 0.249 e. The van der Waals surface area contributed by atoms with E-state index in [9.17, 15) is 9.59 Å². The van der Waals surface area contributed by atoms with Gasteiger partial charge in [-0.2, -0.15) is 0 Å².